The molecule has 1 atom stereocenters. The van der Waals surface area contributed by atoms with Gasteiger partial charge in [0.05, 0.1) is 10.9 Å². The fraction of sp³-hybridized carbons (Fsp3) is 0.235. The smallest absolute Gasteiger partial charge is 0.260 e. The Labute approximate surface area is 152 Å². The van der Waals surface area contributed by atoms with Crippen LogP contribution in [0.3, 0.4) is 0 Å². The molecule has 1 amide bonds. The number of amides is 1. The van der Waals surface area contributed by atoms with Crippen LogP contribution in [0, 0.1) is 0 Å². The van der Waals surface area contributed by atoms with Crippen molar-refractivity contribution in [1.82, 2.24) is 4.90 Å². The van der Waals surface area contributed by atoms with Crippen molar-refractivity contribution in [2.75, 3.05) is 13.7 Å². The second kappa shape index (κ2) is 7.86. The van der Waals surface area contributed by atoms with Crippen molar-refractivity contribution >= 4 is 27.5 Å². The van der Waals surface area contributed by atoms with Crippen LogP contribution in [0.4, 0.5) is 0 Å². The van der Waals surface area contributed by atoms with Crippen LogP contribution in [0.25, 0.3) is 0 Å². The zero-order valence-electron chi connectivity index (χ0n) is 13.8. The van der Waals surface area contributed by atoms with E-state index in [1.165, 1.54) is 17.0 Å². The number of nitrogens with two attached hydrogens (primary N) is 1. The molecule has 2 N–H and O–H groups in total. The summed E-state index contributed by atoms with van der Waals surface area (Å²) in [5.74, 6) is 0.342. The van der Waals surface area contributed by atoms with Gasteiger partial charge in [0.2, 0.25) is 10.0 Å². The Morgan fingerprint density at radius 1 is 1.16 bits per heavy atom. The molecule has 0 spiro atoms. The summed E-state index contributed by atoms with van der Waals surface area (Å²) < 4.78 is 28.0. The number of carbonyl (C=O) groups is 1. The number of halogens is 1. The van der Waals surface area contributed by atoms with E-state index in [9.17, 15) is 13.2 Å². The maximum Gasteiger partial charge on any atom is 0.260 e. The highest BCUT2D eigenvalue weighted by Gasteiger charge is 2.18. The third-order valence-corrected chi connectivity index (χ3v) is 5.02. The second-order valence-electron chi connectivity index (χ2n) is 5.54. The molecule has 1 unspecified atom stereocenters. The Morgan fingerprint density at radius 2 is 1.72 bits per heavy atom. The summed E-state index contributed by atoms with van der Waals surface area (Å²) in [5, 5.41) is 5.67. The van der Waals surface area contributed by atoms with E-state index < -0.39 is 10.0 Å². The van der Waals surface area contributed by atoms with Crippen LogP contribution in [-0.2, 0) is 14.8 Å². The molecule has 8 heteroatoms. The molecule has 2 rings (SSSR count). The Balaban J connectivity index is 1.99. The number of nitrogens with zero attached hydrogens (tertiary/aromatic N) is 1. The third kappa shape index (κ3) is 5.19. The van der Waals surface area contributed by atoms with Gasteiger partial charge in [-0.15, -0.1) is 0 Å². The Hall–Kier alpha value is -2.09. The highest BCUT2D eigenvalue weighted by Crippen LogP contribution is 2.21. The summed E-state index contributed by atoms with van der Waals surface area (Å²) in [4.78, 5) is 13.8. The summed E-state index contributed by atoms with van der Waals surface area (Å²) in [6.07, 6.45) is 0. The van der Waals surface area contributed by atoms with Gasteiger partial charge in [0.25, 0.3) is 5.91 Å². The number of ether oxygens (including phenoxy) is 1. The number of benzene rings is 2. The van der Waals surface area contributed by atoms with E-state index in [2.05, 4.69) is 0 Å². The van der Waals surface area contributed by atoms with Crippen LogP contribution >= 0.6 is 11.6 Å². The lowest BCUT2D eigenvalue weighted by Gasteiger charge is -2.25. The quantitative estimate of drug-likeness (QED) is 0.831. The zero-order chi connectivity index (χ0) is 18.6. The van der Waals surface area contributed by atoms with Crippen LogP contribution in [0.1, 0.15) is 18.5 Å². The van der Waals surface area contributed by atoms with Crippen molar-refractivity contribution < 1.29 is 17.9 Å². The summed E-state index contributed by atoms with van der Waals surface area (Å²) in [6.45, 7) is 1.73. The summed E-state index contributed by atoms with van der Waals surface area (Å²) in [7, 11) is -2.08. The van der Waals surface area contributed by atoms with E-state index in [-0.39, 0.29) is 23.5 Å². The number of hydrogen-bond donors (Lipinski definition) is 1. The number of primary sulfonamides is 1. The van der Waals surface area contributed by atoms with Gasteiger partial charge in [-0.1, -0.05) is 23.7 Å². The molecule has 0 saturated carbocycles. The van der Waals surface area contributed by atoms with Crippen molar-refractivity contribution in [3.63, 3.8) is 0 Å². The van der Waals surface area contributed by atoms with E-state index >= 15 is 0 Å². The minimum Gasteiger partial charge on any atom is -0.484 e. The topological polar surface area (TPSA) is 89.7 Å². The fourth-order valence-electron chi connectivity index (χ4n) is 2.15. The van der Waals surface area contributed by atoms with Crippen LogP contribution in [0.5, 0.6) is 5.75 Å². The van der Waals surface area contributed by atoms with Crippen LogP contribution < -0.4 is 9.88 Å². The van der Waals surface area contributed by atoms with E-state index in [0.717, 1.165) is 5.56 Å². The largest absolute Gasteiger partial charge is 0.484 e. The highest BCUT2D eigenvalue weighted by molar-refractivity contribution is 7.89. The molecule has 0 aliphatic rings. The molecule has 2 aromatic rings. The minimum absolute atomic E-state index is 0.0310. The molecular formula is C17H19ClN2O4S. The van der Waals surface area contributed by atoms with Crippen LogP contribution in [0.2, 0.25) is 5.02 Å². The SMILES string of the molecule is CC(c1ccc(S(N)(=O)=O)cc1)N(C)C(=O)COc1ccc(Cl)cc1. The normalized spacial score (nSPS) is 12.5. The van der Waals surface area contributed by atoms with Gasteiger partial charge in [0, 0.05) is 12.1 Å². The van der Waals surface area contributed by atoms with Gasteiger partial charge >= 0.3 is 0 Å². The first-order chi connectivity index (χ1) is 11.7. The number of rotatable bonds is 6. The van der Waals surface area contributed by atoms with Gasteiger partial charge in [-0.05, 0) is 48.9 Å². The van der Waals surface area contributed by atoms with E-state index in [0.29, 0.717) is 10.8 Å². The van der Waals surface area contributed by atoms with E-state index in [1.54, 1.807) is 43.4 Å². The Kier molecular flexibility index (Phi) is 6.05. The molecule has 134 valence electrons. The molecule has 0 radical (unpaired) electrons. The predicted molar refractivity (Wildman–Crippen MR) is 95.9 cm³/mol. The highest BCUT2D eigenvalue weighted by atomic mass is 35.5. The third-order valence-electron chi connectivity index (χ3n) is 3.84. The minimum atomic E-state index is -3.73. The average molecular weight is 383 g/mol. The van der Waals surface area contributed by atoms with Crippen molar-refractivity contribution in [3.05, 3.63) is 59.1 Å². The van der Waals surface area contributed by atoms with Crippen molar-refractivity contribution in [3.8, 4) is 5.75 Å². The van der Waals surface area contributed by atoms with E-state index in [1.807, 2.05) is 6.92 Å². The number of carbonyl (C=O) groups excluding carboxylic acids is 1. The van der Waals surface area contributed by atoms with Gasteiger partial charge in [0.15, 0.2) is 6.61 Å². The monoisotopic (exact) mass is 382 g/mol. The molecule has 6 nitrogen and oxygen atoms in total. The van der Waals surface area contributed by atoms with E-state index in [4.69, 9.17) is 21.5 Å². The lowest BCUT2D eigenvalue weighted by Crippen LogP contribution is -2.33. The Morgan fingerprint density at radius 3 is 2.24 bits per heavy atom. The van der Waals surface area contributed by atoms with Crippen molar-refractivity contribution in [2.45, 2.75) is 17.9 Å². The first-order valence-corrected chi connectivity index (χ1v) is 9.37. The fourth-order valence-corrected chi connectivity index (χ4v) is 2.79. The van der Waals surface area contributed by atoms with Crippen LogP contribution in [0.15, 0.2) is 53.4 Å². The predicted octanol–water partition coefficient (Wildman–Crippen LogP) is 2.59. The molecule has 0 saturated heterocycles. The maximum atomic E-state index is 12.3. The number of hydrogen-bond acceptors (Lipinski definition) is 4. The van der Waals surface area contributed by atoms with Gasteiger partial charge in [-0.2, -0.15) is 0 Å². The van der Waals surface area contributed by atoms with Gasteiger partial charge < -0.3 is 9.64 Å². The van der Waals surface area contributed by atoms with Gasteiger partial charge in [-0.3, -0.25) is 4.79 Å². The molecule has 2 aromatic carbocycles. The standard InChI is InChI=1S/C17H19ClN2O4S/c1-12(13-3-9-16(10-4-13)25(19,22)23)20(2)17(21)11-24-15-7-5-14(18)6-8-15/h3-10,12H,11H2,1-2H3,(H2,19,22,23). The van der Waals surface area contributed by atoms with Crippen molar-refractivity contribution in [2.24, 2.45) is 5.14 Å². The van der Waals surface area contributed by atoms with Gasteiger partial charge in [0.1, 0.15) is 5.75 Å². The summed E-state index contributed by atoms with van der Waals surface area (Å²) in [5.41, 5.74) is 0.787. The lowest BCUT2D eigenvalue weighted by molar-refractivity contribution is -0.134. The number of likely N-dealkylation sites (N-methyl/N-ethyl adjacent to an activating group) is 1. The first kappa shape index (κ1) is 19.2. The molecule has 0 fully saturated rings. The molecule has 25 heavy (non-hydrogen) atoms. The second-order valence-corrected chi connectivity index (χ2v) is 7.54. The Bertz CT molecular complexity index is 836. The number of sulfonamides is 1. The molecule has 0 heterocycles. The molecule has 0 aliphatic carbocycles. The maximum absolute atomic E-state index is 12.3. The van der Waals surface area contributed by atoms with Crippen LogP contribution in [-0.4, -0.2) is 32.9 Å². The summed E-state index contributed by atoms with van der Waals surface area (Å²) in [6, 6.07) is 12.6. The molecule has 0 aliphatic heterocycles. The summed E-state index contributed by atoms with van der Waals surface area (Å²) >= 11 is 5.80. The van der Waals surface area contributed by atoms with Crippen molar-refractivity contribution in [1.29, 1.82) is 0 Å². The van der Waals surface area contributed by atoms with Gasteiger partial charge in [-0.25, -0.2) is 13.6 Å². The molecular weight excluding hydrogens is 364 g/mol. The molecule has 0 bridgehead atoms. The average Bonchev–Trinajstić information content (AvgIpc) is 2.59. The zero-order valence-corrected chi connectivity index (χ0v) is 15.4. The molecule has 0 aromatic heterocycles. The first-order valence-electron chi connectivity index (χ1n) is 7.45. The lowest BCUT2D eigenvalue weighted by atomic mass is 10.1.